The molecule has 0 amide bonds. The van der Waals surface area contributed by atoms with Crippen molar-refractivity contribution in [1.82, 2.24) is 0 Å². The number of rotatable bonds is 2. The van der Waals surface area contributed by atoms with Crippen LogP contribution < -0.4 is 5.73 Å². The highest BCUT2D eigenvalue weighted by Gasteiger charge is 2.22. The second kappa shape index (κ2) is 3.93. The van der Waals surface area contributed by atoms with Gasteiger partial charge in [0.15, 0.2) is 0 Å². The highest BCUT2D eigenvalue weighted by molar-refractivity contribution is 7.86. The summed E-state index contributed by atoms with van der Waals surface area (Å²) in [7, 11) is -4.56. The van der Waals surface area contributed by atoms with Crippen LogP contribution in [0.5, 0.6) is 0 Å². The molecule has 0 heterocycles. The number of benzene rings is 2. The molecule has 0 bridgehead atoms. The maximum atomic E-state index is 11.2. The molecule has 94 valence electrons. The van der Waals surface area contributed by atoms with Crippen molar-refractivity contribution in [2.75, 3.05) is 5.73 Å². The number of hydrogen-bond donors (Lipinski definition) is 2. The molecular weight excluding hydrogens is 260 g/mol. The summed E-state index contributed by atoms with van der Waals surface area (Å²) in [5, 5.41) is 10.9. The van der Waals surface area contributed by atoms with Gasteiger partial charge in [0.05, 0.1) is 10.3 Å². The molecule has 0 aromatic heterocycles. The van der Waals surface area contributed by atoms with Crippen LogP contribution >= 0.6 is 0 Å². The maximum Gasteiger partial charge on any atom is 0.295 e. The van der Waals surface area contributed by atoms with Crippen LogP contribution in [0.15, 0.2) is 35.2 Å². The van der Waals surface area contributed by atoms with E-state index in [1.165, 1.54) is 18.2 Å². The van der Waals surface area contributed by atoms with Crippen molar-refractivity contribution in [2.45, 2.75) is 4.90 Å². The SMILES string of the molecule is Nc1ccc(S(=O)(=O)O)c2c([N+](=O)[O-])cccc12. The van der Waals surface area contributed by atoms with Crippen LogP contribution in [0.2, 0.25) is 0 Å². The van der Waals surface area contributed by atoms with Crippen molar-refractivity contribution in [3.63, 3.8) is 0 Å². The highest BCUT2D eigenvalue weighted by atomic mass is 32.2. The van der Waals surface area contributed by atoms with Gasteiger partial charge in [0.1, 0.15) is 4.90 Å². The van der Waals surface area contributed by atoms with E-state index in [9.17, 15) is 18.5 Å². The van der Waals surface area contributed by atoms with Gasteiger partial charge < -0.3 is 5.73 Å². The van der Waals surface area contributed by atoms with E-state index in [0.29, 0.717) is 0 Å². The molecule has 3 N–H and O–H groups in total. The monoisotopic (exact) mass is 268 g/mol. The van der Waals surface area contributed by atoms with Crippen LogP contribution in [0.4, 0.5) is 11.4 Å². The molecule has 2 aromatic rings. The number of nitrogen functional groups attached to an aromatic ring is 1. The Morgan fingerprint density at radius 3 is 2.44 bits per heavy atom. The predicted octanol–water partition coefficient (Wildman–Crippen LogP) is 1.58. The summed E-state index contributed by atoms with van der Waals surface area (Å²) in [6, 6.07) is 6.31. The van der Waals surface area contributed by atoms with Crippen LogP contribution in [-0.2, 0) is 10.1 Å². The van der Waals surface area contributed by atoms with Gasteiger partial charge in [-0.05, 0) is 12.1 Å². The molecule has 0 saturated heterocycles. The number of nitro benzene ring substituents is 1. The van der Waals surface area contributed by atoms with Crippen LogP contribution in [-0.4, -0.2) is 17.9 Å². The highest BCUT2D eigenvalue weighted by Crippen LogP contribution is 2.34. The number of anilines is 1. The lowest BCUT2D eigenvalue weighted by atomic mass is 10.1. The Bertz CT molecular complexity index is 754. The third kappa shape index (κ3) is 1.87. The molecule has 2 rings (SSSR count). The maximum absolute atomic E-state index is 11.2. The van der Waals surface area contributed by atoms with Gasteiger partial charge in [0, 0.05) is 17.1 Å². The van der Waals surface area contributed by atoms with Gasteiger partial charge in [0.2, 0.25) is 0 Å². The largest absolute Gasteiger partial charge is 0.398 e. The molecule has 18 heavy (non-hydrogen) atoms. The second-order valence-electron chi connectivity index (χ2n) is 3.58. The van der Waals surface area contributed by atoms with Crippen molar-refractivity contribution in [1.29, 1.82) is 0 Å². The lowest BCUT2D eigenvalue weighted by molar-refractivity contribution is -0.383. The van der Waals surface area contributed by atoms with Gasteiger partial charge in [-0.1, -0.05) is 12.1 Å². The summed E-state index contributed by atoms with van der Waals surface area (Å²) in [5.74, 6) is 0. The van der Waals surface area contributed by atoms with Gasteiger partial charge in [0.25, 0.3) is 15.8 Å². The van der Waals surface area contributed by atoms with E-state index in [1.807, 2.05) is 0 Å². The molecule has 0 spiro atoms. The molecule has 0 aliphatic carbocycles. The van der Waals surface area contributed by atoms with Crippen molar-refractivity contribution < 1.29 is 17.9 Å². The van der Waals surface area contributed by atoms with Gasteiger partial charge >= 0.3 is 0 Å². The third-order valence-electron chi connectivity index (χ3n) is 2.49. The molecule has 0 saturated carbocycles. The van der Waals surface area contributed by atoms with Gasteiger partial charge in [-0.3, -0.25) is 14.7 Å². The minimum Gasteiger partial charge on any atom is -0.398 e. The number of fused-ring (bicyclic) bond motifs is 1. The van der Waals surface area contributed by atoms with Crippen LogP contribution in [0, 0.1) is 10.1 Å². The van der Waals surface area contributed by atoms with Gasteiger partial charge in [-0.2, -0.15) is 8.42 Å². The Kier molecular flexibility index (Phi) is 2.68. The Morgan fingerprint density at radius 2 is 1.89 bits per heavy atom. The molecule has 0 aliphatic heterocycles. The van der Waals surface area contributed by atoms with E-state index in [4.69, 9.17) is 10.3 Å². The number of nitrogens with zero attached hydrogens (tertiary/aromatic N) is 1. The smallest absolute Gasteiger partial charge is 0.295 e. The Hall–Kier alpha value is -2.19. The standard InChI is InChI=1S/C10H8N2O5S/c11-7-4-5-9(18(15,16)17)10-6(7)2-1-3-8(10)12(13)14/h1-5H,11H2,(H,15,16,17). The fraction of sp³-hybridized carbons (Fsp3) is 0. The van der Waals surface area contributed by atoms with E-state index in [-0.39, 0.29) is 16.5 Å². The van der Waals surface area contributed by atoms with Gasteiger partial charge in [-0.15, -0.1) is 0 Å². The fourth-order valence-corrected chi connectivity index (χ4v) is 2.46. The Morgan fingerprint density at radius 1 is 1.22 bits per heavy atom. The first-order chi connectivity index (χ1) is 8.32. The zero-order chi connectivity index (χ0) is 13.5. The van der Waals surface area contributed by atoms with E-state index >= 15 is 0 Å². The third-order valence-corrected chi connectivity index (χ3v) is 3.38. The first-order valence-electron chi connectivity index (χ1n) is 4.75. The second-order valence-corrected chi connectivity index (χ2v) is 4.97. The number of nitrogens with two attached hydrogens (primary N) is 1. The summed E-state index contributed by atoms with van der Waals surface area (Å²) in [6.07, 6.45) is 0. The van der Waals surface area contributed by atoms with Crippen molar-refractivity contribution in [2.24, 2.45) is 0 Å². The molecule has 7 nitrogen and oxygen atoms in total. The minimum absolute atomic E-state index is 0.190. The van der Waals surface area contributed by atoms with Gasteiger partial charge in [-0.25, -0.2) is 0 Å². The van der Waals surface area contributed by atoms with E-state index in [1.54, 1.807) is 0 Å². The minimum atomic E-state index is -4.56. The molecule has 0 atom stereocenters. The molecular formula is C10H8N2O5S. The molecule has 2 aromatic carbocycles. The summed E-state index contributed by atoms with van der Waals surface area (Å²) >= 11 is 0. The summed E-state index contributed by atoms with van der Waals surface area (Å²) in [5.41, 5.74) is 5.41. The fourth-order valence-electron chi connectivity index (χ4n) is 1.75. The Balaban J connectivity index is 3.07. The Labute approximate surface area is 102 Å². The van der Waals surface area contributed by atoms with Crippen molar-refractivity contribution in [3.05, 3.63) is 40.4 Å². The average molecular weight is 268 g/mol. The lowest BCUT2D eigenvalue weighted by Crippen LogP contribution is -2.02. The number of hydrogen-bond acceptors (Lipinski definition) is 5. The van der Waals surface area contributed by atoms with Crippen LogP contribution in [0.25, 0.3) is 10.8 Å². The molecule has 0 unspecified atom stereocenters. The lowest BCUT2D eigenvalue weighted by Gasteiger charge is -2.06. The summed E-state index contributed by atoms with van der Waals surface area (Å²) in [4.78, 5) is 9.64. The van der Waals surface area contributed by atoms with E-state index in [0.717, 1.165) is 12.1 Å². The zero-order valence-corrected chi connectivity index (χ0v) is 9.72. The molecule has 8 heteroatoms. The molecule has 0 fully saturated rings. The first-order valence-corrected chi connectivity index (χ1v) is 6.19. The predicted molar refractivity (Wildman–Crippen MR) is 64.8 cm³/mol. The van der Waals surface area contributed by atoms with Crippen molar-refractivity contribution >= 4 is 32.3 Å². The van der Waals surface area contributed by atoms with E-state index in [2.05, 4.69) is 0 Å². The normalized spacial score (nSPS) is 11.6. The number of non-ortho nitro benzene ring substituents is 1. The average Bonchev–Trinajstić information content (AvgIpc) is 2.27. The molecule has 0 aliphatic rings. The zero-order valence-electron chi connectivity index (χ0n) is 8.90. The number of nitro groups is 1. The van der Waals surface area contributed by atoms with Crippen molar-refractivity contribution in [3.8, 4) is 0 Å². The van der Waals surface area contributed by atoms with Crippen LogP contribution in [0.1, 0.15) is 0 Å². The topological polar surface area (TPSA) is 124 Å². The summed E-state index contributed by atoms with van der Waals surface area (Å²) in [6.45, 7) is 0. The quantitative estimate of drug-likeness (QED) is 0.369. The molecule has 0 radical (unpaired) electrons. The first kappa shape index (κ1) is 12.3. The van der Waals surface area contributed by atoms with Crippen LogP contribution in [0.3, 0.4) is 0 Å². The summed E-state index contributed by atoms with van der Waals surface area (Å²) < 4.78 is 31.5. The van der Waals surface area contributed by atoms with E-state index < -0.39 is 25.6 Å².